The summed E-state index contributed by atoms with van der Waals surface area (Å²) in [5.41, 5.74) is 2.54. The number of benzene rings is 2. The van der Waals surface area contributed by atoms with E-state index in [1.54, 1.807) is 0 Å². The molecule has 0 bridgehead atoms. The number of para-hydroxylation sites is 1. The number of likely N-dealkylation sites (tertiary alicyclic amines) is 2. The van der Waals surface area contributed by atoms with Crippen molar-refractivity contribution in [1.29, 1.82) is 0 Å². The third-order valence-electron chi connectivity index (χ3n) is 6.94. The van der Waals surface area contributed by atoms with Crippen molar-refractivity contribution in [2.45, 2.75) is 38.0 Å². The Morgan fingerprint density at radius 2 is 1.61 bits per heavy atom. The fourth-order valence-corrected chi connectivity index (χ4v) is 6.16. The van der Waals surface area contributed by atoms with Crippen LogP contribution < -0.4 is 0 Å². The van der Waals surface area contributed by atoms with Gasteiger partial charge < -0.3 is 4.90 Å². The lowest BCUT2D eigenvalue weighted by Gasteiger charge is -2.35. The quantitative estimate of drug-likeness (QED) is 0.571. The van der Waals surface area contributed by atoms with Gasteiger partial charge in [0.1, 0.15) is 0 Å². The largest absolute Gasteiger partial charge is 0.342 e. The molecule has 3 heterocycles. The first-order valence-corrected chi connectivity index (χ1v) is 12.5. The van der Waals surface area contributed by atoms with Gasteiger partial charge in [0.25, 0.3) is 0 Å². The lowest BCUT2D eigenvalue weighted by molar-refractivity contribution is -0.134. The summed E-state index contributed by atoms with van der Waals surface area (Å²) in [6.07, 6.45) is 5.60. The van der Waals surface area contributed by atoms with Crippen LogP contribution in [-0.4, -0.2) is 53.4 Å². The van der Waals surface area contributed by atoms with Gasteiger partial charge in [0, 0.05) is 19.0 Å². The maximum atomic E-state index is 12.9. The van der Waals surface area contributed by atoms with Crippen LogP contribution in [0.25, 0.3) is 10.2 Å². The second-order valence-electron chi connectivity index (χ2n) is 9.08. The van der Waals surface area contributed by atoms with Crippen LogP contribution in [0.15, 0.2) is 54.6 Å². The highest BCUT2D eigenvalue weighted by Crippen LogP contribution is 2.33. The smallest absolute Gasteiger partial charge is 0.236 e. The average molecular weight is 434 g/mol. The first-order chi connectivity index (χ1) is 15.2. The average Bonchev–Trinajstić information content (AvgIpc) is 3.25. The summed E-state index contributed by atoms with van der Waals surface area (Å²) in [6, 6.07) is 19.2. The minimum absolute atomic E-state index is 0.316. The molecule has 5 rings (SSSR count). The minimum atomic E-state index is 0.316. The number of carbonyl (C=O) groups is 1. The third-order valence-corrected chi connectivity index (χ3v) is 8.14. The molecule has 31 heavy (non-hydrogen) atoms. The van der Waals surface area contributed by atoms with Gasteiger partial charge in [-0.15, -0.1) is 11.3 Å². The van der Waals surface area contributed by atoms with E-state index in [0.29, 0.717) is 24.3 Å². The second-order valence-corrected chi connectivity index (χ2v) is 10.1. The van der Waals surface area contributed by atoms with E-state index in [9.17, 15) is 4.79 Å². The SMILES string of the molecule is O=C(CN1CCC(c2nc3ccccc3s2)CC1)N1CCC(Cc2ccccc2)CC1. The zero-order valence-corrected chi connectivity index (χ0v) is 18.9. The number of piperidine rings is 2. The van der Waals surface area contributed by atoms with Crippen LogP contribution in [0.3, 0.4) is 0 Å². The topological polar surface area (TPSA) is 36.4 Å². The van der Waals surface area contributed by atoms with Crippen LogP contribution in [0.2, 0.25) is 0 Å². The van der Waals surface area contributed by atoms with Crippen LogP contribution in [0, 0.1) is 5.92 Å². The Morgan fingerprint density at radius 3 is 2.35 bits per heavy atom. The van der Waals surface area contributed by atoms with Crippen LogP contribution in [0.1, 0.15) is 42.2 Å². The van der Waals surface area contributed by atoms with Gasteiger partial charge in [-0.3, -0.25) is 9.69 Å². The molecule has 0 aliphatic carbocycles. The highest BCUT2D eigenvalue weighted by Gasteiger charge is 2.27. The standard InChI is InChI=1S/C26H31N3OS/c30-25(29-16-10-21(11-17-29)18-20-6-2-1-3-7-20)19-28-14-12-22(13-15-28)26-27-23-8-4-5-9-24(23)31-26/h1-9,21-22H,10-19H2. The Balaban J connectivity index is 1.07. The Bertz CT molecular complexity index is 969. The maximum Gasteiger partial charge on any atom is 0.236 e. The number of aromatic nitrogens is 1. The molecule has 1 aromatic heterocycles. The van der Waals surface area contributed by atoms with Gasteiger partial charge in [-0.05, 0) is 68.8 Å². The molecule has 0 N–H and O–H groups in total. The number of carbonyl (C=O) groups excluding carboxylic acids is 1. The van der Waals surface area contributed by atoms with E-state index in [1.807, 2.05) is 11.3 Å². The molecule has 0 unspecified atom stereocenters. The van der Waals surface area contributed by atoms with Crippen molar-refractivity contribution in [2.75, 3.05) is 32.7 Å². The van der Waals surface area contributed by atoms with Crippen molar-refractivity contribution in [3.8, 4) is 0 Å². The number of nitrogens with zero attached hydrogens (tertiary/aromatic N) is 3. The molecule has 0 radical (unpaired) electrons. The fraction of sp³-hybridized carbons (Fsp3) is 0.462. The summed E-state index contributed by atoms with van der Waals surface area (Å²) in [6.45, 7) is 4.40. The maximum absolute atomic E-state index is 12.9. The summed E-state index contributed by atoms with van der Waals surface area (Å²) in [5.74, 6) is 1.56. The monoisotopic (exact) mass is 433 g/mol. The van der Waals surface area contributed by atoms with Crippen LogP contribution >= 0.6 is 11.3 Å². The fourth-order valence-electron chi connectivity index (χ4n) is 5.03. The number of amides is 1. The van der Waals surface area contributed by atoms with Gasteiger partial charge >= 0.3 is 0 Å². The summed E-state index contributed by atoms with van der Waals surface area (Å²) in [7, 11) is 0. The van der Waals surface area contributed by atoms with E-state index in [2.05, 4.69) is 64.4 Å². The molecular formula is C26H31N3OS. The molecule has 5 heteroatoms. The number of thiazole rings is 1. The molecule has 2 aliphatic heterocycles. The highest BCUT2D eigenvalue weighted by atomic mass is 32.1. The number of rotatable bonds is 5. The molecule has 1 amide bonds. The highest BCUT2D eigenvalue weighted by molar-refractivity contribution is 7.18. The van der Waals surface area contributed by atoms with Gasteiger partial charge in [-0.1, -0.05) is 42.5 Å². The third kappa shape index (κ3) is 4.99. The van der Waals surface area contributed by atoms with Crippen molar-refractivity contribution in [3.05, 3.63) is 65.2 Å². The summed E-state index contributed by atoms with van der Waals surface area (Å²) in [5, 5.41) is 1.27. The van der Waals surface area contributed by atoms with Crippen molar-refractivity contribution in [3.63, 3.8) is 0 Å². The lowest BCUT2D eigenvalue weighted by Crippen LogP contribution is -2.46. The number of hydrogen-bond donors (Lipinski definition) is 0. The van der Waals surface area contributed by atoms with Crippen LogP contribution in [0.5, 0.6) is 0 Å². The number of fused-ring (bicyclic) bond motifs is 1. The first kappa shape index (κ1) is 20.7. The van der Waals surface area contributed by atoms with Gasteiger partial charge in [0.15, 0.2) is 0 Å². The van der Waals surface area contributed by atoms with Crippen molar-refractivity contribution in [1.82, 2.24) is 14.8 Å². The van der Waals surface area contributed by atoms with E-state index >= 15 is 0 Å². The van der Waals surface area contributed by atoms with Crippen LogP contribution in [-0.2, 0) is 11.2 Å². The Hall–Kier alpha value is -2.24. The van der Waals surface area contributed by atoms with Gasteiger partial charge in [0.2, 0.25) is 5.91 Å². The molecule has 2 saturated heterocycles. The summed E-state index contributed by atoms with van der Waals surface area (Å²) in [4.78, 5) is 22.2. The molecule has 4 nitrogen and oxygen atoms in total. The molecular weight excluding hydrogens is 402 g/mol. The van der Waals surface area contributed by atoms with Crippen molar-refractivity contribution in [2.24, 2.45) is 5.92 Å². The molecule has 2 aromatic carbocycles. The lowest BCUT2D eigenvalue weighted by atomic mass is 9.90. The zero-order chi connectivity index (χ0) is 21.0. The molecule has 2 aliphatic rings. The zero-order valence-electron chi connectivity index (χ0n) is 18.1. The molecule has 0 saturated carbocycles. The first-order valence-electron chi connectivity index (χ1n) is 11.6. The molecule has 0 atom stereocenters. The van der Waals surface area contributed by atoms with Gasteiger partial charge in [-0.25, -0.2) is 4.98 Å². The van der Waals surface area contributed by atoms with E-state index in [0.717, 1.165) is 63.8 Å². The molecule has 2 fully saturated rings. The summed E-state index contributed by atoms with van der Waals surface area (Å²) >= 11 is 1.84. The van der Waals surface area contributed by atoms with E-state index in [4.69, 9.17) is 4.98 Å². The predicted octanol–water partition coefficient (Wildman–Crippen LogP) is 4.96. The Kier molecular flexibility index (Phi) is 6.32. The molecule has 162 valence electrons. The predicted molar refractivity (Wildman–Crippen MR) is 127 cm³/mol. The molecule has 0 spiro atoms. The van der Waals surface area contributed by atoms with Crippen LogP contribution in [0.4, 0.5) is 0 Å². The number of hydrogen-bond acceptors (Lipinski definition) is 4. The summed E-state index contributed by atoms with van der Waals surface area (Å²) < 4.78 is 1.28. The van der Waals surface area contributed by atoms with Gasteiger partial charge in [-0.2, -0.15) is 0 Å². The normalized spacial score (nSPS) is 19.2. The van der Waals surface area contributed by atoms with E-state index in [1.165, 1.54) is 15.3 Å². The van der Waals surface area contributed by atoms with Gasteiger partial charge in [0.05, 0.1) is 21.8 Å². The van der Waals surface area contributed by atoms with Crippen molar-refractivity contribution >= 4 is 27.5 Å². The second kappa shape index (κ2) is 9.49. The Morgan fingerprint density at radius 1 is 0.903 bits per heavy atom. The van der Waals surface area contributed by atoms with E-state index < -0.39 is 0 Å². The Labute approximate surface area is 188 Å². The minimum Gasteiger partial charge on any atom is -0.342 e. The molecule has 3 aromatic rings. The van der Waals surface area contributed by atoms with Crippen molar-refractivity contribution < 1.29 is 4.79 Å². The van der Waals surface area contributed by atoms with E-state index in [-0.39, 0.29) is 0 Å².